The van der Waals surface area contributed by atoms with Crippen molar-refractivity contribution in [3.63, 3.8) is 0 Å². The molecule has 0 aromatic carbocycles. The third-order valence-electron chi connectivity index (χ3n) is 1.76. The second-order valence-corrected chi connectivity index (χ2v) is 2.75. The van der Waals surface area contributed by atoms with E-state index in [1.807, 2.05) is 6.92 Å². The first-order chi connectivity index (χ1) is 6.15. The van der Waals surface area contributed by atoms with E-state index in [1.165, 1.54) is 7.11 Å². The van der Waals surface area contributed by atoms with Crippen LogP contribution in [0.4, 0.5) is 0 Å². The summed E-state index contributed by atoms with van der Waals surface area (Å²) >= 11 is 0. The molecule has 0 fully saturated rings. The van der Waals surface area contributed by atoms with Crippen molar-refractivity contribution in [2.45, 2.75) is 19.1 Å². The molecule has 13 heavy (non-hydrogen) atoms. The SMILES string of the molecule is COC(C)CNC(=O)C(CN)OC. The third kappa shape index (κ3) is 4.82. The summed E-state index contributed by atoms with van der Waals surface area (Å²) in [6, 6.07) is 0. The largest absolute Gasteiger partial charge is 0.380 e. The van der Waals surface area contributed by atoms with E-state index in [4.69, 9.17) is 15.2 Å². The Labute approximate surface area is 78.6 Å². The van der Waals surface area contributed by atoms with Gasteiger partial charge in [-0.05, 0) is 6.92 Å². The van der Waals surface area contributed by atoms with E-state index >= 15 is 0 Å². The van der Waals surface area contributed by atoms with Crippen LogP contribution in [0, 0.1) is 0 Å². The van der Waals surface area contributed by atoms with E-state index in [0.29, 0.717) is 6.54 Å². The fourth-order valence-electron chi connectivity index (χ4n) is 0.752. The lowest BCUT2D eigenvalue weighted by molar-refractivity contribution is -0.130. The van der Waals surface area contributed by atoms with Gasteiger partial charge in [0, 0.05) is 27.3 Å². The van der Waals surface area contributed by atoms with Crippen LogP contribution in [-0.4, -0.2) is 45.4 Å². The van der Waals surface area contributed by atoms with Crippen molar-refractivity contribution >= 4 is 5.91 Å². The summed E-state index contributed by atoms with van der Waals surface area (Å²) in [7, 11) is 3.05. The highest BCUT2D eigenvalue weighted by molar-refractivity contribution is 5.80. The van der Waals surface area contributed by atoms with Crippen molar-refractivity contribution < 1.29 is 14.3 Å². The fraction of sp³-hybridized carbons (Fsp3) is 0.875. The van der Waals surface area contributed by atoms with Crippen molar-refractivity contribution in [3.8, 4) is 0 Å². The number of carbonyl (C=O) groups excluding carboxylic acids is 1. The van der Waals surface area contributed by atoms with Crippen molar-refractivity contribution in [2.75, 3.05) is 27.3 Å². The van der Waals surface area contributed by atoms with Gasteiger partial charge in [0.05, 0.1) is 6.10 Å². The lowest BCUT2D eigenvalue weighted by Gasteiger charge is -2.15. The van der Waals surface area contributed by atoms with Crippen LogP contribution in [0.15, 0.2) is 0 Å². The molecule has 5 heteroatoms. The molecule has 2 atom stereocenters. The Kier molecular flexibility index (Phi) is 6.48. The minimum atomic E-state index is -0.566. The minimum absolute atomic E-state index is 0.000712. The molecular weight excluding hydrogens is 172 g/mol. The minimum Gasteiger partial charge on any atom is -0.380 e. The van der Waals surface area contributed by atoms with Gasteiger partial charge < -0.3 is 20.5 Å². The second-order valence-electron chi connectivity index (χ2n) is 2.75. The van der Waals surface area contributed by atoms with Crippen LogP contribution < -0.4 is 11.1 Å². The van der Waals surface area contributed by atoms with E-state index in [1.54, 1.807) is 7.11 Å². The standard InChI is InChI=1S/C8H18N2O3/c1-6(12-2)5-10-8(11)7(4-9)13-3/h6-7H,4-5,9H2,1-3H3,(H,10,11). The predicted molar refractivity (Wildman–Crippen MR) is 49.3 cm³/mol. The van der Waals surface area contributed by atoms with Gasteiger partial charge >= 0.3 is 0 Å². The quantitative estimate of drug-likeness (QED) is 0.570. The number of amides is 1. The molecule has 0 aromatic heterocycles. The summed E-state index contributed by atoms with van der Waals surface area (Å²) in [6.07, 6.45) is -0.566. The van der Waals surface area contributed by atoms with Gasteiger partial charge in [0.2, 0.25) is 0 Å². The van der Waals surface area contributed by atoms with E-state index in [2.05, 4.69) is 5.32 Å². The smallest absolute Gasteiger partial charge is 0.250 e. The van der Waals surface area contributed by atoms with Gasteiger partial charge in [-0.2, -0.15) is 0 Å². The summed E-state index contributed by atoms with van der Waals surface area (Å²) in [6.45, 7) is 2.52. The average molecular weight is 190 g/mol. The van der Waals surface area contributed by atoms with E-state index < -0.39 is 6.10 Å². The molecule has 0 bridgehead atoms. The molecule has 0 aromatic rings. The van der Waals surface area contributed by atoms with Gasteiger partial charge in [0.15, 0.2) is 0 Å². The highest BCUT2D eigenvalue weighted by atomic mass is 16.5. The van der Waals surface area contributed by atoms with Gasteiger partial charge in [-0.1, -0.05) is 0 Å². The number of rotatable bonds is 6. The molecule has 0 aliphatic rings. The zero-order chi connectivity index (χ0) is 10.3. The molecule has 3 N–H and O–H groups in total. The zero-order valence-corrected chi connectivity index (χ0v) is 8.37. The Morgan fingerprint density at radius 3 is 2.46 bits per heavy atom. The average Bonchev–Trinajstić information content (AvgIpc) is 2.16. The highest BCUT2D eigenvalue weighted by Crippen LogP contribution is 1.89. The molecule has 0 aliphatic heterocycles. The van der Waals surface area contributed by atoms with Crippen molar-refractivity contribution in [2.24, 2.45) is 5.73 Å². The van der Waals surface area contributed by atoms with E-state index in [-0.39, 0.29) is 18.6 Å². The van der Waals surface area contributed by atoms with Crippen LogP contribution >= 0.6 is 0 Å². The monoisotopic (exact) mass is 190 g/mol. The van der Waals surface area contributed by atoms with Gasteiger partial charge in [0.25, 0.3) is 5.91 Å². The Hall–Kier alpha value is -0.650. The zero-order valence-electron chi connectivity index (χ0n) is 8.37. The molecule has 0 radical (unpaired) electrons. The highest BCUT2D eigenvalue weighted by Gasteiger charge is 2.15. The van der Waals surface area contributed by atoms with Crippen molar-refractivity contribution in [3.05, 3.63) is 0 Å². The molecule has 0 heterocycles. The van der Waals surface area contributed by atoms with Crippen molar-refractivity contribution in [1.82, 2.24) is 5.32 Å². The Morgan fingerprint density at radius 2 is 2.08 bits per heavy atom. The first-order valence-corrected chi connectivity index (χ1v) is 4.19. The summed E-state index contributed by atoms with van der Waals surface area (Å²) in [4.78, 5) is 11.3. The van der Waals surface area contributed by atoms with E-state index in [0.717, 1.165) is 0 Å². The molecule has 2 unspecified atom stereocenters. The Morgan fingerprint density at radius 1 is 1.46 bits per heavy atom. The van der Waals surface area contributed by atoms with Gasteiger partial charge in [-0.15, -0.1) is 0 Å². The number of carbonyl (C=O) groups is 1. The summed E-state index contributed by atoms with van der Waals surface area (Å²) in [5, 5.41) is 2.67. The van der Waals surface area contributed by atoms with Crippen LogP contribution in [0.5, 0.6) is 0 Å². The van der Waals surface area contributed by atoms with Crippen LogP contribution in [0.1, 0.15) is 6.92 Å². The van der Waals surface area contributed by atoms with Crippen LogP contribution in [0.2, 0.25) is 0 Å². The number of hydrogen-bond donors (Lipinski definition) is 2. The summed E-state index contributed by atoms with van der Waals surface area (Å²) < 4.78 is 9.81. The molecule has 1 amide bonds. The van der Waals surface area contributed by atoms with Crippen LogP contribution in [0.25, 0.3) is 0 Å². The first kappa shape index (κ1) is 12.3. The third-order valence-corrected chi connectivity index (χ3v) is 1.76. The lowest BCUT2D eigenvalue weighted by atomic mass is 10.3. The van der Waals surface area contributed by atoms with Gasteiger partial charge in [0.1, 0.15) is 6.10 Å². The number of nitrogens with two attached hydrogens (primary N) is 1. The van der Waals surface area contributed by atoms with Gasteiger partial charge in [-0.25, -0.2) is 0 Å². The van der Waals surface area contributed by atoms with Crippen LogP contribution in [-0.2, 0) is 14.3 Å². The molecule has 0 saturated heterocycles. The number of methoxy groups -OCH3 is 2. The number of nitrogens with one attached hydrogen (secondary N) is 1. The first-order valence-electron chi connectivity index (χ1n) is 4.19. The van der Waals surface area contributed by atoms with E-state index in [9.17, 15) is 4.79 Å². The lowest BCUT2D eigenvalue weighted by Crippen LogP contribution is -2.43. The molecule has 0 rings (SSSR count). The summed E-state index contributed by atoms with van der Waals surface area (Å²) in [5.41, 5.74) is 5.31. The van der Waals surface area contributed by atoms with Crippen molar-refractivity contribution in [1.29, 1.82) is 0 Å². The fourth-order valence-corrected chi connectivity index (χ4v) is 0.752. The Balaban J connectivity index is 3.72. The number of ether oxygens (including phenoxy) is 2. The molecule has 78 valence electrons. The maximum Gasteiger partial charge on any atom is 0.250 e. The second kappa shape index (κ2) is 6.82. The normalized spacial score (nSPS) is 15.1. The molecule has 0 saturated carbocycles. The summed E-state index contributed by atoms with van der Waals surface area (Å²) in [5.74, 6) is -0.200. The number of hydrogen-bond acceptors (Lipinski definition) is 4. The molecule has 0 aliphatic carbocycles. The molecular formula is C8H18N2O3. The topological polar surface area (TPSA) is 73.6 Å². The Bertz CT molecular complexity index is 148. The maximum atomic E-state index is 11.3. The van der Waals surface area contributed by atoms with Crippen LogP contribution in [0.3, 0.4) is 0 Å². The maximum absolute atomic E-state index is 11.3. The predicted octanol–water partition coefficient (Wildman–Crippen LogP) is -0.889. The molecule has 0 spiro atoms. The van der Waals surface area contributed by atoms with Gasteiger partial charge in [-0.3, -0.25) is 4.79 Å². The molecule has 5 nitrogen and oxygen atoms in total.